The highest BCUT2D eigenvalue weighted by molar-refractivity contribution is 7.96. The van der Waals surface area contributed by atoms with Crippen molar-refractivity contribution < 1.29 is 31.2 Å². The molecule has 5 rings (SSSR count). The van der Waals surface area contributed by atoms with Crippen LogP contribution in [0.1, 0.15) is 18.2 Å². The van der Waals surface area contributed by atoms with Crippen LogP contribution in [-0.2, 0) is 23.8 Å². The summed E-state index contributed by atoms with van der Waals surface area (Å²) in [5.74, 6) is -8.03. The van der Waals surface area contributed by atoms with E-state index in [2.05, 4.69) is 5.16 Å². The van der Waals surface area contributed by atoms with Gasteiger partial charge in [0, 0.05) is 43.5 Å². The molecule has 0 saturated heterocycles. The number of nitrogens with two attached hydrogens (primary N) is 1. The second kappa shape index (κ2) is 9.71. The number of hydrogen-bond donors (Lipinski definition) is 1. The van der Waals surface area contributed by atoms with Crippen molar-refractivity contribution in [1.29, 1.82) is 0 Å². The maximum atomic E-state index is 14.7. The minimum Gasteiger partial charge on any atom is -0.380 e. The van der Waals surface area contributed by atoms with Crippen LogP contribution < -0.4 is 10.8 Å². The number of ether oxygens (including phenoxy) is 1. The summed E-state index contributed by atoms with van der Waals surface area (Å²) in [4.78, 5) is 12.9. The van der Waals surface area contributed by atoms with E-state index >= 15 is 0 Å². The number of aromatic nitrogens is 3. The standard InChI is InChI=1S/C22H16F5N3O3.CH5NS/c1-10-7-29-17(22(10,26)27)8-30(21(29)31)20-19-13(18-14(24)5-12(23)6-15(18)25)3-11(9-32-2)4-16(19)33-28-20;1-3-2/h3-6,8,10H,7,9H2,1-2H3;2H2,1H3/t10-;/m1./s1. The van der Waals surface area contributed by atoms with Crippen LogP contribution in [-0.4, -0.2) is 27.7 Å². The van der Waals surface area contributed by atoms with Crippen molar-refractivity contribution in [3.8, 4) is 16.9 Å². The average Bonchev–Trinajstić information content (AvgIpc) is 3.41. The SMILES string of the molecule is COCc1cc(-c2c(F)cc(F)cc2F)c2c(-n3cc4n(c3=O)C[C@@H](C)C4(F)F)noc2c1.CSN. The van der Waals surface area contributed by atoms with E-state index in [1.54, 1.807) is 0 Å². The Kier molecular flexibility index (Phi) is 6.99. The van der Waals surface area contributed by atoms with Crippen molar-refractivity contribution in [3.63, 3.8) is 0 Å². The number of nitrogens with zero attached hydrogens (tertiary/aromatic N) is 3. The fraction of sp³-hybridized carbons (Fsp3) is 0.304. The Morgan fingerprint density at radius 2 is 1.86 bits per heavy atom. The third kappa shape index (κ3) is 4.20. The predicted octanol–water partition coefficient (Wildman–Crippen LogP) is 4.98. The van der Waals surface area contributed by atoms with E-state index < -0.39 is 46.2 Å². The number of hydrogen-bond acceptors (Lipinski definition) is 6. The zero-order valence-corrected chi connectivity index (χ0v) is 20.1. The second-order valence-corrected chi connectivity index (χ2v) is 8.71. The zero-order chi connectivity index (χ0) is 26.4. The molecule has 2 N–H and O–H groups in total. The van der Waals surface area contributed by atoms with Gasteiger partial charge >= 0.3 is 5.69 Å². The van der Waals surface area contributed by atoms with Crippen LogP contribution in [0.2, 0.25) is 0 Å². The molecule has 0 fully saturated rings. The van der Waals surface area contributed by atoms with Crippen LogP contribution >= 0.6 is 11.9 Å². The van der Waals surface area contributed by atoms with Crippen LogP contribution in [0.15, 0.2) is 39.8 Å². The van der Waals surface area contributed by atoms with Crippen LogP contribution in [0.25, 0.3) is 27.9 Å². The van der Waals surface area contributed by atoms with Crippen molar-refractivity contribution in [2.75, 3.05) is 13.4 Å². The minimum absolute atomic E-state index is 0.00185. The Morgan fingerprint density at radius 1 is 1.22 bits per heavy atom. The lowest BCUT2D eigenvalue weighted by Gasteiger charge is -2.13. The van der Waals surface area contributed by atoms with Crippen LogP contribution in [0, 0.1) is 23.4 Å². The molecule has 0 bridgehead atoms. The first-order valence-electron chi connectivity index (χ1n) is 10.5. The van der Waals surface area contributed by atoms with Gasteiger partial charge in [-0.05, 0) is 24.0 Å². The number of benzene rings is 2. The van der Waals surface area contributed by atoms with Crippen LogP contribution in [0.5, 0.6) is 0 Å². The number of alkyl halides is 2. The molecule has 0 spiro atoms. The van der Waals surface area contributed by atoms with Crippen molar-refractivity contribution in [3.05, 3.63) is 69.7 Å². The lowest BCUT2D eigenvalue weighted by atomic mass is 9.97. The van der Waals surface area contributed by atoms with Gasteiger partial charge in [0.2, 0.25) is 0 Å². The molecule has 1 aliphatic heterocycles. The Labute approximate surface area is 205 Å². The van der Waals surface area contributed by atoms with Crippen molar-refractivity contribution >= 4 is 22.9 Å². The summed E-state index contributed by atoms with van der Waals surface area (Å²) in [6, 6.07) is 3.91. The molecule has 0 saturated carbocycles. The maximum absolute atomic E-state index is 14.7. The van der Waals surface area contributed by atoms with Gasteiger partial charge in [0.15, 0.2) is 11.4 Å². The van der Waals surface area contributed by atoms with Gasteiger partial charge in [-0.1, -0.05) is 24.0 Å². The van der Waals surface area contributed by atoms with Crippen LogP contribution in [0.3, 0.4) is 0 Å². The molecule has 1 atom stereocenters. The van der Waals surface area contributed by atoms with Crippen molar-refractivity contribution in [1.82, 2.24) is 14.3 Å². The molecular formula is C23H21F5N4O3S. The highest BCUT2D eigenvalue weighted by Crippen LogP contribution is 2.42. The molecule has 0 aliphatic carbocycles. The Morgan fingerprint density at radius 3 is 2.44 bits per heavy atom. The molecule has 1 aliphatic rings. The summed E-state index contributed by atoms with van der Waals surface area (Å²) < 4.78 is 84.2. The third-order valence-corrected chi connectivity index (χ3v) is 5.83. The average molecular weight is 529 g/mol. The maximum Gasteiger partial charge on any atom is 0.334 e. The molecule has 2 aromatic heterocycles. The Balaban J connectivity index is 0.000000967. The molecule has 0 amide bonds. The fourth-order valence-electron chi connectivity index (χ4n) is 4.24. The minimum atomic E-state index is -3.24. The summed E-state index contributed by atoms with van der Waals surface area (Å²) in [6.07, 6.45) is 2.77. The first-order chi connectivity index (χ1) is 17.0. The molecular weight excluding hydrogens is 507 g/mol. The van der Waals surface area contributed by atoms with E-state index in [1.165, 1.54) is 38.1 Å². The lowest BCUT2D eigenvalue weighted by molar-refractivity contribution is -0.0454. The highest BCUT2D eigenvalue weighted by Gasteiger charge is 2.48. The Bertz CT molecular complexity index is 1470. The van der Waals surface area contributed by atoms with E-state index in [0.29, 0.717) is 17.7 Å². The summed E-state index contributed by atoms with van der Waals surface area (Å²) in [5, 5.41) is 8.61. The largest absolute Gasteiger partial charge is 0.380 e. The predicted molar refractivity (Wildman–Crippen MR) is 124 cm³/mol. The Hall–Kier alpha value is -3.16. The monoisotopic (exact) mass is 528 g/mol. The molecule has 4 aromatic rings. The molecule has 3 heterocycles. The molecule has 13 heteroatoms. The van der Waals surface area contributed by atoms with Gasteiger partial charge in [-0.15, -0.1) is 0 Å². The number of methoxy groups -OCH3 is 1. The quantitative estimate of drug-likeness (QED) is 0.297. The van der Waals surface area contributed by atoms with E-state index in [-0.39, 0.29) is 35.5 Å². The molecule has 192 valence electrons. The van der Waals surface area contributed by atoms with Gasteiger partial charge in [0.1, 0.15) is 23.1 Å². The topological polar surface area (TPSA) is 88.2 Å². The first-order valence-corrected chi connectivity index (χ1v) is 11.8. The van der Waals surface area contributed by atoms with E-state index in [0.717, 1.165) is 15.3 Å². The van der Waals surface area contributed by atoms with Gasteiger partial charge in [0.05, 0.1) is 17.6 Å². The molecule has 7 nitrogen and oxygen atoms in total. The van der Waals surface area contributed by atoms with Gasteiger partial charge in [-0.25, -0.2) is 22.5 Å². The number of rotatable bonds is 4. The lowest BCUT2D eigenvalue weighted by Crippen LogP contribution is -2.24. The van der Waals surface area contributed by atoms with Crippen LogP contribution in [0.4, 0.5) is 22.0 Å². The van der Waals surface area contributed by atoms with Gasteiger partial charge in [0.25, 0.3) is 5.92 Å². The summed E-state index contributed by atoms with van der Waals surface area (Å²) in [6.45, 7) is 1.18. The zero-order valence-electron chi connectivity index (χ0n) is 19.3. The number of imidazole rings is 1. The third-order valence-electron chi connectivity index (χ3n) is 5.83. The second-order valence-electron chi connectivity index (χ2n) is 8.24. The summed E-state index contributed by atoms with van der Waals surface area (Å²) in [7, 11) is 1.41. The number of fused-ring (bicyclic) bond motifs is 2. The van der Waals surface area contributed by atoms with E-state index in [9.17, 15) is 26.7 Å². The van der Waals surface area contributed by atoms with Crippen molar-refractivity contribution in [2.24, 2.45) is 11.1 Å². The number of halogens is 5. The highest BCUT2D eigenvalue weighted by atomic mass is 32.2. The van der Waals surface area contributed by atoms with E-state index in [1.807, 2.05) is 6.26 Å². The summed E-state index contributed by atoms with van der Waals surface area (Å²) >= 11 is 1.25. The first kappa shape index (κ1) is 25.9. The smallest absolute Gasteiger partial charge is 0.334 e. The molecule has 0 unspecified atom stereocenters. The normalized spacial score (nSPS) is 16.2. The van der Waals surface area contributed by atoms with Gasteiger partial charge in [-0.3, -0.25) is 9.71 Å². The van der Waals surface area contributed by atoms with Crippen molar-refractivity contribution in [2.45, 2.75) is 26.0 Å². The fourth-order valence-corrected chi connectivity index (χ4v) is 4.24. The molecule has 0 radical (unpaired) electrons. The molecule has 2 aromatic carbocycles. The van der Waals surface area contributed by atoms with E-state index in [4.69, 9.17) is 14.4 Å². The van der Waals surface area contributed by atoms with Gasteiger partial charge in [-0.2, -0.15) is 8.78 Å². The summed E-state index contributed by atoms with van der Waals surface area (Å²) in [5.41, 5.74) is -1.47. The van der Waals surface area contributed by atoms with Gasteiger partial charge < -0.3 is 9.26 Å². The molecule has 36 heavy (non-hydrogen) atoms.